The number of halogens is 1. The van der Waals surface area contributed by atoms with Gasteiger partial charge in [-0.2, -0.15) is 0 Å². The van der Waals surface area contributed by atoms with Crippen LogP contribution in [0.15, 0.2) is 24.3 Å². The van der Waals surface area contributed by atoms with E-state index in [1.54, 1.807) is 0 Å². The highest BCUT2D eigenvalue weighted by Crippen LogP contribution is 2.44. The van der Waals surface area contributed by atoms with Gasteiger partial charge in [0, 0.05) is 17.5 Å². The Kier molecular flexibility index (Phi) is 5.34. The van der Waals surface area contributed by atoms with E-state index in [2.05, 4.69) is 33.9 Å². The second-order valence-corrected chi connectivity index (χ2v) is 13.6. The van der Waals surface area contributed by atoms with E-state index in [9.17, 15) is 5.11 Å². The summed E-state index contributed by atoms with van der Waals surface area (Å²) < 4.78 is 6.47. The third kappa shape index (κ3) is 4.17. The zero-order valence-corrected chi connectivity index (χ0v) is 16.7. The van der Waals surface area contributed by atoms with Gasteiger partial charge >= 0.3 is 0 Å². The molecule has 3 nitrogen and oxygen atoms in total. The number of hydrogen-bond acceptors (Lipinski definition) is 3. The van der Waals surface area contributed by atoms with E-state index in [4.69, 9.17) is 21.8 Å². The molecule has 0 radical (unpaired) electrons. The van der Waals surface area contributed by atoms with Crippen LogP contribution in [-0.4, -0.2) is 25.1 Å². The minimum absolute atomic E-state index is 0.0890. The minimum Gasteiger partial charge on any atom is -0.414 e. The normalized spacial score (nSPS) is 27.2. The summed E-state index contributed by atoms with van der Waals surface area (Å²) in [5, 5.41) is 11.9. The fourth-order valence-electron chi connectivity index (χ4n) is 3.00. The number of aliphatic hydroxyl groups is 1. The van der Waals surface area contributed by atoms with Crippen LogP contribution in [0.4, 0.5) is 0 Å². The van der Waals surface area contributed by atoms with Crippen molar-refractivity contribution in [2.45, 2.75) is 75.9 Å². The molecule has 5 heteroatoms. The Hall–Kier alpha value is -0.393. The summed E-state index contributed by atoms with van der Waals surface area (Å²) in [4.78, 5) is 0. The molecule has 3 atom stereocenters. The predicted molar refractivity (Wildman–Crippen MR) is 99.3 cm³/mol. The first-order valence-electron chi connectivity index (χ1n) is 8.36. The lowest BCUT2D eigenvalue weighted by Crippen LogP contribution is -2.45. The molecule has 1 aromatic rings. The van der Waals surface area contributed by atoms with Crippen molar-refractivity contribution in [3.05, 3.63) is 34.9 Å². The first-order valence-corrected chi connectivity index (χ1v) is 11.6. The number of benzene rings is 1. The lowest BCUT2D eigenvalue weighted by atomic mass is 9.88. The molecule has 23 heavy (non-hydrogen) atoms. The van der Waals surface area contributed by atoms with Crippen LogP contribution in [-0.2, 0) is 4.43 Å². The van der Waals surface area contributed by atoms with Gasteiger partial charge in [-0.05, 0) is 48.7 Å². The quantitative estimate of drug-likeness (QED) is 0.773. The van der Waals surface area contributed by atoms with Crippen molar-refractivity contribution < 1.29 is 9.53 Å². The van der Waals surface area contributed by atoms with Gasteiger partial charge < -0.3 is 15.3 Å². The van der Waals surface area contributed by atoms with Crippen LogP contribution in [0.1, 0.15) is 51.6 Å². The molecule has 0 saturated heterocycles. The van der Waals surface area contributed by atoms with Gasteiger partial charge in [-0.1, -0.05) is 44.5 Å². The Balaban J connectivity index is 2.08. The summed E-state index contributed by atoms with van der Waals surface area (Å²) >= 11 is 6.05. The maximum Gasteiger partial charge on any atom is 0.192 e. The third-order valence-electron chi connectivity index (χ3n) is 5.53. The van der Waals surface area contributed by atoms with Crippen molar-refractivity contribution in [3.8, 4) is 0 Å². The van der Waals surface area contributed by atoms with Crippen LogP contribution in [0.5, 0.6) is 0 Å². The summed E-state index contributed by atoms with van der Waals surface area (Å²) in [7, 11) is -1.83. The lowest BCUT2D eigenvalue weighted by Gasteiger charge is -2.39. The summed E-state index contributed by atoms with van der Waals surface area (Å²) in [5.74, 6) is 0. The van der Waals surface area contributed by atoms with Gasteiger partial charge in [0.05, 0.1) is 11.6 Å². The van der Waals surface area contributed by atoms with E-state index in [0.717, 1.165) is 12.0 Å². The number of rotatable bonds is 4. The van der Waals surface area contributed by atoms with Crippen molar-refractivity contribution in [2.75, 3.05) is 0 Å². The van der Waals surface area contributed by atoms with E-state index in [1.165, 1.54) is 0 Å². The van der Waals surface area contributed by atoms with E-state index in [-0.39, 0.29) is 11.1 Å². The second kappa shape index (κ2) is 6.49. The topological polar surface area (TPSA) is 55.5 Å². The van der Waals surface area contributed by atoms with Gasteiger partial charge in [0.15, 0.2) is 8.32 Å². The lowest BCUT2D eigenvalue weighted by molar-refractivity contribution is 0.00897. The maximum atomic E-state index is 11.0. The van der Waals surface area contributed by atoms with Gasteiger partial charge in [-0.15, -0.1) is 0 Å². The molecule has 130 valence electrons. The first-order chi connectivity index (χ1) is 10.4. The fourth-order valence-corrected chi connectivity index (χ4v) is 4.58. The summed E-state index contributed by atoms with van der Waals surface area (Å²) in [6.45, 7) is 11.2. The number of nitrogens with two attached hydrogens (primary N) is 1. The summed E-state index contributed by atoms with van der Waals surface area (Å²) in [6.07, 6.45) is 2.20. The Labute approximate surface area is 146 Å². The zero-order valence-electron chi connectivity index (χ0n) is 14.9. The molecule has 0 bridgehead atoms. The van der Waals surface area contributed by atoms with E-state index in [1.807, 2.05) is 24.3 Å². The third-order valence-corrected chi connectivity index (χ3v) is 10.3. The monoisotopic (exact) mass is 355 g/mol. The highest BCUT2D eigenvalue weighted by Gasteiger charge is 2.47. The first kappa shape index (κ1) is 18.9. The highest BCUT2D eigenvalue weighted by atomic mass is 35.5. The molecule has 3 unspecified atom stereocenters. The van der Waals surface area contributed by atoms with Crippen molar-refractivity contribution in [2.24, 2.45) is 5.73 Å². The zero-order chi connectivity index (χ0) is 17.5. The molecule has 1 aromatic carbocycles. The molecule has 1 saturated carbocycles. The van der Waals surface area contributed by atoms with Gasteiger partial charge in [0.1, 0.15) is 0 Å². The predicted octanol–water partition coefficient (Wildman–Crippen LogP) is 4.65. The van der Waals surface area contributed by atoms with Crippen LogP contribution in [0, 0.1) is 0 Å². The standard InChI is InChI=1S/C18H30ClNO2Si/c1-17(2,3)23(4,5)22-15-9-10-18(21,12-15)16(20)13-7-6-8-14(19)11-13/h6-8,11,15-16,21H,9-10,12,20H2,1-5H3. The smallest absolute Gasteiger partial charge is 0.192 e. The van der Waals surface area contributed by atoms with Gasteiger partial charge in [0.2, 0.25) is 0 Å². The second-order valence-electron chi connectivity index (χ2n) is 8.38. The average Bonchev–Trinajstić information content (AvgIpc) is 2.78. The molecular weight excluding hydrogens is 326 g/mol. The molecule has 1 aliphatic rings. The Morgan fingerprint density at radius 1 is 1.39 bits per heavy atom. The van der Waals surface area contributed by atoms with Crippen molar-refractivity contribution >= 4 is 19.9 Å². The van der Waals surface area contributed by atoms with Crippen LogP contribution in [0.2, 0.25) is 23.2 Å². The Bertz CT molecular complexity index is 558. The van der Waals surface area contributed by atoms with Gasteiger partial charge in [0.25, 0.3) is 0 Å². The maximum absolute atomic E-state index is 11.0. The molecule has 1 aliphatic carbocycles. The van der Waals surface area contributed by atoms with Crippen molar-refractivity contribution in [3.63, 3.8) is 0 Å². The van der Waals surface area contributed by atoms with Crippen molar-refractivity contribution in [1.82, 2.24) is 0 Å². The molecule has 1 fully saturated rings. The minimum atomic E-state index is -1.83. The van der Waals surface area contributed by atoms with E-state index < -0.39 is 20.0 Å². The fraction of sp³-hybridized carbons (Fsp3) is 0.667. The van der Waals surface area contributed by atoms with Crippen LogP contribution >= 0.6 is 11.6 Å². The molecule has 3 N–H and O–H groups in total. The van der Waals surface area contributed by atoms with Crippen LogP contribution < -0.4 is 5.73 Å². The molecule has 0 spiro atoms. The largest absolute Gasteiger partial charge is 0.414 e. The molecule has 2 rings (SSSR count). The summed E-state index contributed by atoms with van der Waals surface area (Å²) in [6, 6.07) is 7.02. The van der Waals surface area contributed by atoms with E-state index >= 15 is 0 Å². The van der Waals surface area contributed by atoms with Crippen LogP contribution in [0.3, 0.4) is 0 Å². The molecule has 0 aromatic heterocycles. The molecule has 0 heterocycles. The van der Waals surface area contributed by atoms with Gasteiger partial charge in [-0.3, -0.25) is 0 Å². The van der Waals surface area contributed by atoms with Gasteiger partial charge in [-0.25, -0.2) is 0 Å². The Morgan fingerprint density at radius 3 is 2.61 bits per heavy atom. The molecular formula is C18H30ClNO2Si. The van der Waals surface area contributed by atoms with E-state index in [0.29, 0.717) is 17.9 Å². The SMILES string of the molecule is CC(C)(C)[Si](C)(C)OC1CCC(O)(C(N)c2cccc(Cl)c2)C1. The highest BCUT2D eigenvalue weighted by molar-refractivity contribution is 6.74. The van der Waals surface area contributed by atoms with Crippen LogP contribution in [0.25, 0.3) is 0 Å². The number of hydrogen-bond donors (Lipinski definition) is 2. The summed E-state index contributed by atoms with van der Waals surface area (Å²) in [5.41, 5.74) is 6.33. The average molecular weight is 356 g/mol. The molecule has 0 amide bonds. The molecule has 0 aliphatic heterocycles. The Morgan fingerprint density at radius 2 is 2.04 bits per heavy atom. The van der Waals surface area contributed by atoms with Crippen molar-refractivity contribution in [1.29, 1.82) is 0 Å².